The minimum Gasteiger partial charge on any atom is -0.496 e. The molecule has 0 aliphatic heterocycles. The molecular weight excluding hydrogens is 248 g/mol. The number of para-hydroxylation sites is 1. The molecule has 0 fully saturated rings. The molecule has 0 saturated carbocycles. The Morgan fingerprint density at radius 1 is 1.05 bits per heavy atom. The van der Waals surface area contributed by atoms with Crippen molar-refractivity contribution < 1.29 is 9.84 Å². The highest BCUT2D eigenvalue weighted by atomic mass is 16.5. The van der Waals surface area contributed by atoms with E-state index in [1.807, 2.05) is 24.3 Å². The van der Waals surface area contributed by atoms with Crippen molar-refractivity contribution in [2.24, 2.45) is 0 Å². The van der Waals surface area contributed by atoms with Crippen LogP contribution in [0.15, 0.2) is 36.4 Å². The molecule has 0 aliphatic carbocycles. The monoisotopic (exact) mass is 270 g/mol. The number of aliphatic hydroxyl groups is 1. The van der Waals surface area contributed by atoms with Gasteiger partial charge in [-0.25, -0.2) is 0 Å². The maximum absolute atomic E-state index is 10.6. The summed E-state index contributed by atoms with van der Waals surface area (Å²) >= 11 is 0. The fraction of sp³-hybridized carbons (Fsp3) is 0.333. The molecule has 1 atom stereocenters. The van der Waals surface area contributed by atoms with E-state index in [2.05, 4.69) is 32.9 Å². The van der Waals surface area contributed by atoms with Gasteiger partial charge in [0, 0.05) is 6.42 Å². The van der Waals surface area contributed by atoms with Gasteiger partial charge in [0.2, 0.25) is 0 Å². The smallest absolute Gasteiger partial charge is 0.122 e. The first kappa shape index (κ1) is 14.6. The third-order valence-corrected chi connectivity index (χ3v) is 3.68. The van der Waals surface area contributed by atoms with Gasteiger partial charge in [-0.1, -0.05) is 35.9 Å². The highest BCUT2D eigenvalue weighted by Crippen LogP contribution is 2.29. The highest BCUT2D eigenvalue weighted by molar-refractivity contribution is 5.41. The molecule has 0 aromatic heterocycles. The summed E-state index contributed by atoms with van der Waals surface area (Å²) < 4.78 is 5.35. The number of ether oxygens (including phenoxy) is 1. The number of methoxy groups -OCH3 is 1. The molecule has 0 saturated heterocycles. The molecule has 0 aliphatic rings. The molecule has 106 valence electrons. The summed E-state index contributed by atoms with van der Waals surface area (Å²) in [7, 11) is 1.66. The second-order valence-corrected chi connectivity index (χ2v) is 5.34. The summed E-state index contributed by atoms with van der Waals surface area (Å²) in [4.78, 5) is 0. The van der Waals surface area contributed by atoms with Crippen LogP contribution in [-0.2, 0) is 6.42 Å². The Morgan fingerprint density at radius 3 is 2.25 bits per heavy atom. The maximum atomic E-state index is 10.6. The van der Waals surface area contributed by atoms with Gasteiger partial charge in [-0.2, -0.15) is 0 Å². The quantitative estimate of drug-likeness (QED) is 0.913. The molecule has 1 N–H and O–H groups in total. The van der Waals surface area contributed by atoms with Gasteiger partial charge in [-0.15, -0.1) is 0 Å². The molecular formula is C18H22O2. The van der Waals surface area contributed by atoms with Crippen LogP contribution in [0.1, 0.15) is 33.9 Å². The SMILES string of the molecule is COc1ccccc1CC(O)c1c(C)cc(C)cc1C. The van der Waals surface area contributed by atoms with Gasteiger partial charge in [0.15, 0.2) is 0 Å². The Kier molecular flexibility index (Phi) is 4.46. The van der Waals surface area contributed by atoms with Crippen LogP contribution in [0.4, 0.5) is 0 Å². The number of benzene rings is 2. The average molecular weight is 270 g/mol. The van der Waals surface area contributed by atoms with E-state index in [0.717, 1.165) is 28.0 Å². The van der Waals surface area contributed by atoms with Crippen molar-refractivity contribution in [2.75, 3.05) is 7.11 Å². The highest BCUT2D eigenvalue weighted by Gasteiger charge is 2.16. The van der Waals surface area contributed by atoms with E-state index in [9.17, 15) is 5.11 Å². The first-order valence-electron chi connectivity index (χ1n) is 6.90. The number of hydrogen-bond donors (Lipinski definition) is 1. The third kappa shape index (κ3) is 3.02. The maximum Gasteiger partial charge on any atom is 0.122 e. The Balaban J connectivity index is 2.31. The van der Waals surface area contributed by atoms with Gasteiger partial charge in [-0.05, 0) is 49.1 Å². The second-order valence-electron chi connectivity index (χ2n) is 5.34. The number of hydrogen-bond acceptors (Lipinski definition) is 2. The summed E-state index contributed by atoms with van der Waals surface area (Å²) in [5, 5.41) is 10.6. The first-order valence-corrected chi connectivity index (χ1v) is 6.90. The minimum absolute atomic E-state index is 0.508. The molecule has 1 unspecified atom stereocenters. The second kappa shape index (κ2) is 6.10. The van der Waals surface area contributed by atoms with Gasteiger partial charge in [0.1, 0.15) is 5.75 Å². The van der Waals surface area contributed by atoms with Crippen LogP contribution in [0, 0.1) is 20.8 Å². The van der Waals surface area contributed by atoms with Crippen LogP contribution in [0.3, 0.4) is 0 Å². The zero-order chi connectivity index (χ0) is 14.7. The van der Waals surface area contributed by atoms with E-state index < -0.39 is 6.10 Å². The Morgan fingerprint density at radius 2 is 1.65 bits per heavy atom. The van der Waals surface area contributed by atoms with Crippen LogP contribution in [0.25, 0.3) is 0 Å². The molecule has 0 radical (unpaired) electrons. The third-order valence-electron chi connectivity index (χ3n) is 3.68. The van der Waals surface area contributed by atoms with E-state index in [4.69, 9.17) is 4.74 Å². The van der Waals surface area contributed by atoms with Crippen molar-refractivity contribution in [3.63, 3.8) is 0 Å². The van der Waals surface area contributed by atoms with Gasteiger partial charge < -0.3 is 9.84 Å². The van der Waals surface area contributed by atoms with Gasteiger partial charge in [-0.3, -0.25) is 0 Å². The van der Waals surface area contributed by atoms with Crippen LogP contribution >= 0.6 is 0 Å². The minimum atomic E-state index is -0.508. The Labute approximate surface area is 121 Å². The van der Waals surface area contributed by atoms with Crippen molar-refractivity contribution >= 4 is 0 Å². The lowest BCUT2D eigenvalue weighted by Crippen LogP contribution is -2.07. The first-order chi connectivity index (χ1) is 9.52. The molecule has 20 heavy (non-hydrogen) atoms. The lowest BCUT2D eigenvalue weighted by Gasteiger charge is -2.18. The van der Waals surface area contributed by atoms with E-state index >= 15 is 0 Å². The van der Waals surface area contributed by atoms with Crippen LogP contribution in [0.2, 0.25) is 0 Å². The molecule has 2 aromatic carbocycles. The van der Waals surface area contributed by atoms with E-state index in [1.165, 1.54) is 5.56 Å². The van der Waals surface area contributed by atoms with Gasteiger partial charge in [0.05, 0.1) is 13.2 Å². The number of aliphatic hydroxyl groups excluding tert-OH is 1. The summed E-state index contributed by atoms with van der Waals surface area (Å²) in [6.07, 6.45) is 0.0567. The molecule has 0 spiro atoms. The van der Waals surface area contributed by atoms with Crippen molar-refractivity contribution in [1.82, 2.24) is 0 Å². The van der Waals surface area contributed by atoms with Crippen LogP contribution in [-0.4, -0.2) is 12.2 Å². The molecule has 2 nitrogen and oxygen atoms in total. The fourth-order valence-electron chi connectivity index (χ4n) is 2.90. The largest absolute Gasteiger partial charge is 0.496 e. The lowest BCUT2D eigenvalue weighted by atomic mass is 9.92. The predicted molar refractivity (Wildman–Crippen MR) is 82.3 cm³/mol. The topological polar surface area (TPSA) is 29.5 Å². The van der Waals surface area contributed by atoms with Crippen molar-refractivity contribution in [3.8, 4) is 5.75 Å². The normalized spacial score (nSPS) is 12.2. The van der Waals surface area contributed by atoms with E-state index in [0.29, 0.717) is 6.42 Å². The molecule has 0 amide bonds. The van der Waals surface area contributed by atoms with Crippen molar-refractivity contribution in [1.29, 1.82) is 0 Å². The lowest BCUT2D eigenvalue weighted by molar-refractivity contribution is 0.176. The molecule has 2 heteroatoms. The average Bonchev–Trinajstić information content (AvgIpc) is 2.38. The molecule has 2 rings (SSSR count). The van der Waals surface area contributed by atoms with Crippen molar-refractivity contribution in [2.45, 2.75) is 33.3 Å². The summed E-state index contributed by atoms with van der Waals surface area (Å²) in [6.45, 7) is 6.19. The molecule has 0 bridgehead atoms. The van der Waals surface area contributed by atoms with Gasteiger partial charge in [0.25, 0.3) is 0 Å². The van der Waals surface area contributed by atoms with Gasteiger partial charge >= 0.3 is 0 Å². The predicted octanol–water partition coefficient (Wildman–Crippen LogP) is 3.90. The zero-order valence-corrected chi connectivity index (χ0v) is 12.6. The van der Waals surface area contributed by atoms with Crippen LogP contribution < -0.4 is 4.74 Å². The number of aryl methyl sites for hydroxylation is 3. The summed E-state index contributed by atoms with van der Waals surface area (Å²) in [5.74, 6) is 0.828. The fourth-order valence-corrected chi connectivity index (χ4v) is 2.90. The Hall–Kier alpha value is -1.80. The van der Waals surface area contributed by atoms with E-state index in [-0.39, 0.29) is 0 Å². The zero-order valence-electron chi connectivity index (χ0n) is 12.6. The van der Waals surface area contributed by atoms with Crippen LogP contribution in [0.5, 0.6) is 5.75 Å². The van der Waals surface area contributed by atoms with Crippen molar-refractivity contribution in [3.05, 3.63) is 64.2 Å². The molecule has 2 aromatic rings. The standard InChI is InChI=1S/C18H22O2/c1-12-9-13(2)18(14(3)10-12)16(19)11-15-7-5-6-8-17(15)20-4/h5-10,16,19H,11H2,1-4H3. The van der Waals surface area contributed by atoms with E-state index in [1.54, 1.807) is 7.11 Å². The molecule has 0 heterocycles. The number of rotatable bonds is 4. The summed E-state index contributed by atoms with van der Waals surface area (Å²) in [6, 6.07) is 12.1. The Bertz CT molecular complexity index is 579. The summed E-state index contributed by atoms with van der Waals surface area (Å²) in [5.41, 5.74) is 5.58.